The van der Waals surface area contributed by atoms with Gasteiger partial charge in [-0.3, -0.25) is 9.10 Å². The fourth-order valence-electron chi connectivity index (χ4n) is 3.42. The molecule has 0 fully saturated rings. The Morgan fingerprint density at radius 1 is 0.900 bits per heavy atom. The van der Waals surface area contributed by atoms with Crippen molar-refractivity contribution < 1.29 is 13.2 Å². The van der Waals surface area contributed by atoms with Crippen molar-refractivity contribution in [2.24, 2.45) is 0 Å². The van der Waals surface area contributed by atoms with E-state index < -0.39 is 15.8 Å². The van der Waals surface area contributed by atoms with Gasteiger partial charge in [0.2, 0.25) is 5.78 Å². The molecule has 0 aromatic heterocycles. The van der Waals surface area contributed by atoms with Crippen LogP contribution >= 0.6 is 0 Å². The fourth-order valence-corrected chi connectivity index (χ4v) is 4.95. The van der Waals surface area contributed by atoms with E-state index in [9.17, 15) is 13.2 Å². The summed E-state index contributed by atoms with van der Waals surface area (Å²) in [7, 11) is -4.03. The molecule has 6 heteroatoms. The summed E-state index contributed by atoms with van der Waals surface area (Å²) in [6.45, 7) is 4.13. The second-order valence-corrected chi connectivity index (χ2v) is 9.13. The summed E-state index contributed by atoms with van der Waals surface area (Å²) in [5.74, 6) is -0.508. The molecule has 3 aromatic rings. The molecule has 0 aliphatic carbocycles. The summed E-state index contributed by atoms with van der Waals surface area (Å²) in [4.78, 5) is 12.8. The summed E-state index contributed by atoms with van der Waals surface area (Å²) in [6, 6.07) is 21.9. The van der Waals surface area contributed by atoms with Crippen LogP contribution in [0.2, 0.25) is 0 Å². The Hall–Kier alpha value is -3.38. The number of hydrogen-bond acceptors (Lipinski definition) is 4. The normalized spacial score (nSPS) is 16.4. The molecule has 0 atom stereocenters. The maximum Gasteiger partial charge on any atom is 0.270 e. The number of Topliss-reactive ketones (excluding diaryl/α,β-unsaturated/α-hetero) is 1. The molecule has 1 heterocycles. The summed E-state index contributed by atoms with van der Waals surface area (Å²) in [5.41, 5.74) is 4.55. The van der Waals surface area contributed by atoms with Crippen molar-refractivity contribution in [3.8, 4) is 0 Å². The number of allylic oxidation sites excluding steroid dienone is 1. The van der Waals surface area contributed by atoms with Gasteiger partial charge in [-0.2, -0.15) is 0 Å². The molecule has 0 radical (unpaired) electrons. The van der Waals surface area contributed by atoms with E-state index in [1.54, 1.807) is 24.3 Å². The number of benzene rings is 3. The lowest BCUT2D eigenvalue weighted by Crippen LogP contribution is -2.39. The van der Waals surface area contributed by atoms with Crippen LogP contribution in [-0.4, -0.2) is 14.2 Å². The van der Waals surface area contributed by atoms with Gasteiger partial charge in [-0.15, -0.1) is 0 Å². The second-order valence-electron chi connectivity index (χ2n) is 7.30. The highest BCUT2D eigenvalue weighted by atomic mass is 32.2. The summed E-state index contributed by atoms with van der Waals surface area (Å²) in [5, 5.41) is 2.99. The van der Waals surface area contributed by atoms with Gasteiger partial charge in [-0.05, 0) is 54.8 Å². The van der Waals surface area contributed by atoms with Crippen molar-refractivity contribution in [1.29, 1.82) is 0 Å². The largest absolute Gasteiger partial charge is 0.360 e. The highest BCUT2D eigenvalue weighted by Gasteiger charge is 2.39. The minimum atomic E-state index is -4.03. The topological polar surface area (TPSA) is 66.5 Å². The molecule has 0 bridgehead atoms. The van der Waals surface area contributed by atoms with Crippen LogP contribution in [0.3, 0.4) is 0 Å². The lowest BCUT2D eigenvalue weighted by Gasteiger charge is -2.31. The summed E-state index contributed by atoms with van der Waals surface area (Å²) >= 11 is 0. The van der Waals surface area contributed by atoms with Gasteiger partial charge in [0.15, 0.2) is 4.91 Å². The Kier molecular flexibility index (Phi) is 5.18. The number of fused-ring (bicyclic) bond motifs is 1. The van der Waals surface area contributed by atoms with E-state index in [1.165, 1.54) is 10.5 Å². The van der Waals surface area contributed by atoms with E-state index in [1.807, 2.05) is 62.4 Å². The monoisotopic (exact) mass is 418 g/mol. The van der Waals surface area contributed by atoms with Gasteiger partial charge in [-0.1, -0.05) is 48.5 Å². The third-order valence-corrected chi connectivity index (χ3v) is 7.02. The molecule has 0 unspecified atom stereocenters. The molecule has 0 amide bonds. The number of nitrogens with zero attached hydrogens (tertiary/aromatic N) is 1. The van der Waals surface area contributed by atoms with Crippen LogP contribution < -0.4 is 9.62 Å². The molecule has 0 saturated carbocycles. The number of ketones is 1. The lowest BCUT2D eigenvalue weighted by molar-refractivity contribution is 0.104. The maximum atomic E-state index is 13.4. The third-order valence-electron chi connectivity index (χ3n) is 5.26. The molecule has 0 saturated heterocycles. The van der Waals surface area contributed by atoms with Crippen molar-refractivity contribution in [2.45, 2.75) is 20.4 Å². The molecular formula is C24H22N2O3S. The molecule has 1 aliphatic heterocycles. The molecule has 1 aliphatic rings. The first-order chi connectivity index (χ1) is 14.4. The van der Waals surface area contributed by atoms with Crippen LogP contribution in [0, 0.1) is 13.8 Å². The fraction of sp³-hybridized carbons (Fsp3) is 0.125. The summed E-state index contributed by atoms with van der Waals surface area (Å²) < 4.78 is 28.2. The zero-order valence-electron chi connectivity index (χ0n) is 16.8. The first-order valence-corrected chi connectivity index (χ1v) is 11.1. The molecule has 5 nitrogen and oxygen atoms in total. The van der Waals surface area contributed by atoms with Crippen molar-refractivity contribution in [2.75, 3.05) is 9.62 Å². The zero-order chi connectivity index (χ0) is 21.3. The van der Waals surface area contributed by atoms with Crippen molar-refractivity contribution in [1.82, 2.24) is 0 Å². The molecule has 0 spiro atoms. The van der Waals surface area contributed by atoms with Gasteiger partial charge in [0, 0.05) is 17.5 Å². The number of para-hydroxylation sites is 1. The number of sulfonamides is 1. The van der Waals surface area contributed by atoms with E-state index in [0.717, 1.165) is 22.4 Å². The number of rotatable bonds is 4. The standard InChI is InChI=1S/C24H22N2O3S/c1-17-12-13-20(14-18(17)2)25-15-23-24(27)21-10-6-7-11-22(21)26(30(23,28)29)16-19-8-4-3-5-9-19/h3-15,25H,16H2,1-2H3/b23-15+. The van der Waals surface area contributed by atoms with Gasteiger partial charge >= 0.3 is 0 Å². The average molecular weight is 419 g/mol. The van der Waals surface area contributed by atoms with Crippen molar-refractivity contribution >= 4 is 27.2 Å². The molecule has 3 aromatic carbocycles. The Labute approximate surface area is 176 Å². The quantitative estimate of drug-likeness (QED) is 0.619. The molecular weight excluding hydrogens is 396 g/mol. The van der Waals surface area contributed by atoms with E-state index >= 15 is 0 Å². The number of nitrogens with one attached hydrogen (secondary N) is 1. The van der Waals surface area contributed by atoms with Gasteiger partial charge in [0.05, 0.1) is 12.2 Å². The van der Waals surface area contributed by atoms with Gasteiger partial charge < -0.3 is 5.32 Å². The number of carbonyl (C=O) groups is 1. The van der Waals surface area contributed by atoms with Crippen LogP contribution in [0.1, 0.15) is 27.0 Å². The van der Waals surface area contributed by atoms with Crippen LogP contribution in [0.15, 0.2) is 83.9 Å². The van der Waals surface area contributed by atoms with Crippen LogP contribution in [0.25, 0.3) is 0 Å². The van der Waals surface area contributed by atoms with E-state index in [2.05, 4.69) is 5.32 Å². The summed E-state index contributed by atoms with van der Waals surface area (Å²) in [6.07, 6.45) is 1.30. The number of aryl methyl sites for hydroxylation is 2. The highest BCUT2D eigenvalue weighted by Crippen LogP contribution is 2.36. The highest BCUT2D eigenvalue weighted by molar-refractivity contribution is 7.97. The minimum Gasteiger partial charge on any atom is -0.360 e. The van der Waals surface area contributed by atoms with E-state index in [0.29, 0.717) is 11.3 Å². The van der Waals surface area contributed by atoms with Crippen LogP contribution in [-0.2, 0) is 16.6 Å². The van der Waals surface area contributed by atoms with Crippen LogP contribution in [0.4, 0.5) is 11.4 Å². The Balaban J connectivity index is 1.77. The third kappa shape index (κ3) is 3.62. The minimum absolute atomic E-state index is 0.147. The predicted octanol–water partition coefficient (Wildman–Crippen LogP) is 4.79. The zero-order valence-corrected chi connectivity index (χ0v) is 17.6. The first-order valence-electron chi connectivity index (χ1n) is 9.62. The molecule has 30 heavy (non-hydrogen) atoms. The average Bonchev–Trinajstić information content (AvgIpc) is 2.74. The SMILES string of the molecule is Cc1ccc(N/C=C2\C(=O)c3ccccc3N(Cc3ccccc3)S2(=O)=O)cc1C. The molecule has 4 rings (SSSR count). The Bertz CT molecular complexity index is 1250. The number of hydrogen-bond donors (Lipinski definition) is 1. The van der Waals surface area contributed by atoms with E-state index in [-0.39, 0.29) is 11.4 Å². The van der Waals surface area contributed by atoms with Gasteiger partial charge in [0.25, 0.3) is 10.0 Å². The lowest BCUT2D eigenvalue weighted by atomic mass is 10.1. The van der Waals surface area contributed by atoms with Crippen LogP contribution in [0.5, 0.6) is 0 Å². The van der Waals surface area contributed by atoms with Crippen molar-refractivity contribution in [3.63, 3.8) is 0 Å². The Morgan fingerprint density at radius 3 is 2.33 bits per heavy atom. The Morgan fingerprint density at radius 2 is 1.60 bits per heavy atom. The maximum absolute atomic E-state index is 13.4. The first kappa shape index (κ1) is 19.9. The molecule has 152 valence electrons. The predicted molar refractivity (Wildman–Crippen MR) is 120 cm³/mol. The number of anilines is 2. The van der Waals surface area contributed by atoms with E-state index in [4.69, 9.17) is 0 Å². The molecule has 1 N–H and O–H groups in total. The smallest absolute Gasteiger partial charge is 0.270 e. The van der Waals surface area contributed by atoms with Gasteiger partial charge in [-0.25, -0.2) is 8.42 Å². The van der Waals surface area contributed by atoms with Gasteiger partial charge in [0.1, 0.15) is 0 Å². The number of carbonyl (C=O) groups excluding carboxylic acids is 1. The van der Waals surface area contributed by atoms with Crippen molar-refractivity contribution in [3.05, 3.63) is 106 Å². The second kappa shape index (κ2) is 7.80.